The second kappa shape index (κ2) is 6.35. The van der Waals surface area contributed by atoms with Gasteiger partial charge in [-0.15, -0.1) is 11.6 Å². The van der Waals surface area contributed by atoms with Crippen LogP contribution in [-0.4, -0.2) is 24.8 Å². The lowest BCUT2D eigenvalue weighted by Gasteiger charge is -2.18. The van der Waals surface area contributed by atoms with Crippen molar-refractivity contribution >= 4 is 21.6 Å². The first-order chi connectivity index (χ1) is 9.55. The fourth-order valence-electron chi connectivity index (χ4n) is 1.86. The lowest BCUT2D eigenvalue weighted by atomic mass is 10.2. The zero-order chi connectivity index (χ0) is 14.6. The molecule has 0 aliphatic heterocycles. The third-order valence-corrected chi connectivity index (χ3v) is 5.15. The van der Waals surface area contributed by atoms with E-state index in [0.29, 0.717) is 12.1 Å². The second-order valence-corrected chi connectivity index (χ2v) is 6.64. The molecule has 0 atom stereocenters. The lowest BCUT2D eigenvalue weighted by molar-refractivity contribution is 0.466. The highest BCUT2D eigenvalue weighted by molar-refractivity contribution is 7.89. The van der Waals surface area contributed by atoms with Crippen molar-refractivity contribution < 1.29 is 8.42 Å². The average molecular weight is 311 g/mol. The minimum absolute atomic E-state index is 0.165. The lowest BCUT2D eigenvalue weighted by Crippen LogP contribution is -2.27. The Balaban J connectivity index is 2.30. The van der Waals surface area contributed by atoms with E-state index >= 15 is 0 Å². The smallest absolute Gasteiger partial charge is 0.243 e. The molecule has 0 amide bonds. The maximum Gasteiger partial charge on any atom is 0.243 e. The van der Waals surface area contributed by atoms with Crippen LogP contribution >= 0.6 is 11.6 Å². The van der Waals surface area contributed by atoms with Gasteiger partial charge in [0.25, 0.3) is 0 Å². The fourth-order valence-corrected chi connectivity index (χ4v) is 3.55. The number of rotatable bonds is 5. The molecule has 106 valence electrons. The summed E-state index contributed by atoms with van der Waals surface area (Å²) >= 11 is 5.81. The van der Waals surface area contributed by atoms with Crippen molar-refractivity contribution in [3.63, 3.8) is 0 Å². The van der Waals surface area contributed by atoms with Gasteiger partial charge in [0.15, 0.2) is 0 Å². The maximum atomic E-state index is 12.6. The third-order valence-electron chi connectivity index (χ3n) is 2.96. The molecule has 0 fully saturated rings. The van der Waals surface area contributed by atoms with Crippen LogP contribution in [0.25, 0.3) is 0 Å². The van der Waals surface area contributed by atoms with Crippen LogP contribution in [0, 0.1) is 0 Å². The molecule has 2 rings (SSSR count). The zero-order valence-electron chi connectivity index (χ0n) is 11.0. The summed E-state index contributed by atoms with van der Waals surface area (Å²) in [5.74, 6) is 0.165. The van der Waals surface area contributed by atoms with Crippen LogP contribution in [0.15, 0.2) is 53.7 Å². The summed E-state index contributed by atoms with van der Waals surface area (Å²) in [6.45, 7) is 0.293. The van der Waals surface area contributed by atoms with Gasteiger partial charge in [0.1, 0.15) is 0 Å². The molecule has 0 aliphatic carbocycles. The normalized spacial score (nSPS) is 11.8. The molecule has 0 saturated carbocycles. The molecule has 20 heavy (non-hydrogen) atoms. The molecule has 1 heterocycles. The summed E-state index contributed by atoms with van der Waals surface area (Å²) < 4.78 is 26.4. The van der Waals surface area contributed by atoms with Crippen LogP contribution < -0.4 is 0 Å². The molecule has 1 aromatic carbocycles. The Morgan fingerprint density at radius 3 is 2.45 bits per heavy atom. The molecule has 0 aliphatic rings. The van der Waals surface area contributed by atoms with Crippen LogP contribution in [0.3, 0.4) is 0 Å². The van der Waals surface area contributed by atoms with E-state index in [1.807, 2.05) is 0 Å². The maximum absolute atomic E-state index is 12.6. The third kappa shape index (κ3) is 3.17. The quantitative estimate of drug-likeness (QED) is 0.798. The molecule has 0 radical (unpaired) electrons. The Bertz CT molecular complexity index is 675. The van der Waals surface area contributed by atoms with Gasteiger partial charge in [-0.05, 0) is 29.3 Å². The summed E-state index contributed by atoms with van der Waals surface area (Å²) in [6, 6.07) is 10.4. The Morgan fingerprint density at radius 1 is 1.15 bits per heavy atom. The number of halogens is 1. The van der Waals surface area contributed by atoms with Crippen LogP contribution in [0.1, 0.15) is 11.1 Å². The van der Waals surface area contributed by atoms with Gasteiger partial charge in [-0.25, -0.2) is 8.42 Å². The number of nitrogens with zero attached hydrogens (tertiary/aromatic N) is 2. The number of aromatic nitrogens is 1. The van der Waals surface area contributed by atoms with Crippen molar-refractivity contribution in [3.8, 4) is 0 Å². The Kier molecular flexibility index (Phi) is 4.75. The highest BCUT2D eigenvalue weighted by atomic mass is 35.5. The van der Waals surface area contributed by atoms with Gasteiger partial charge < -0.3 is 0 Å². The molecular weight excluding hydrogens is 296 g/mol. The van der Waals surface area contributed by atoms with E-state index in [9.17, 15) is 8.42 Å². The minimum atomic E-state index is -3.55. The molecule has 0 saturated heterocycles. The Labute approximate surface area is 124 Å². The monoisotopic (exact) mass is 310 g/mol. The standard InChI is InChI=1S/C14H15ClN2O2S/c1-17(11-12-6-8-16-9-7-12)20(18,19)14-5-3-2-4-13(14)10-15/h2-9H,10-11H2,1H3. The average Bonchev–Trinajstić information content (AvgIpc) is 2.48. The molecule has 0 unspecified atom stereocenters. The van der Waals surface area contributed by atoms with Crippen molar-refractivity contribution in [3.05, 3.63) is 59.9 Å². The van der Waals surface area contributed by atoms with E-state index in [1.54, 1.807) is 55.8 Å². The molecule has 2 aromatic rings. The number of alkyl halides is 1. The second-order valence-electron chi connectivity index (χ2n) is 4.36. The van der Waals surface area contributed by atoms with E-state index in [4.69, 9.17) is 11.6 Å². The zero-order valence-corrected chi connectivity index (χ0v) is 12.6. The molecule has 0 bridgehead atoms. The first-order valence-electron chi connectivity index (χ1n) is 6.05. The van der Waals surface area contributed by atoms with Crippen molar-refractivity contribution in [1.29, 1.82) is 0 Å². The topological polar surface area (TPSA) is 50.3 Å². The van der Waals surface area contributed by atoms with Gasteiger partial charge in [0.2, 0.25) is 10.0 Å². The molecule has 0 N–H and O–H groups in total. The minimum Gasteiger partial charge on any atom is -0.265 e. The highest BCUT2D eigenvalue weighted by Crippen LogP contribution is 2.21. The molecule has 6 heteroatoms. The van der Waals surface area contributed by atoms with Gasteiger partial charge in [-0.3, -0.25) is 4.98 Å². The van der Waals surface area contributed by atoms with Crippen LogP contribution in [0.4, 0.5) is 0 Å². The predicted molar refractivity (Wildman–Crippen MR) is 78.9 cm³/mol. The first-order valence-corrected chi connectivity index (χ1v) is 8.02. The van der Waals surface area contributed by atoms with Crippen LogP contribution in [0.5, 0.6) is 0 Å². The van der Waals surface area contributed by atoms with Gasteiger partial charge >= 0.3 is 0 Å². The summed E-state index contributed by atoms with van der Waals surface area (Å²) in [6.07, 6.45) is 3.28. The summed E-state index contributed by atoms with van der Waals surface area (Å²) in [4.78, 5) is 4.17. The van der Waals surface area contributed by atoms with E-state index < -0.39 is 10.0 Å². The van der Waals surface area contributed by atoms with Gasteiger partial charge in [0.05, 0.1) is 4.90 Å². The highest BCUT2D eigenvalue weighted by Gasteiger charge is 2.23. The van der Waals surface area contributed by atoms with Gasteiger partial charge in [-0.1, -0.05) is 18.2 Å². The predicted octanol–water partition coefficient (Wildman–Crippen LogP) is 2.64. The summed E-state index contributed by atoms with van der Waals surface area (Å²) in [5.41, 5.74) is 1.49. The SMILES string of the molecule is CN(Cc1ccncc1)S(=O)(=O)c1ccccc1CCl. The molecule has 4 nitrogen and oxygen atoms in total. The molecule has 1 aromatic heterocycles. The number of hydrogen-bond acceptors (Lipinski definition) is 3. The van der Waals surface area contributed by atoms with Gasteiger partial charge in [-0.2, -0.15) is 4.31 Å². The van der Waals surface area contributed by atoms with E-state index in [0.717, 1.165) is 5.56 Å². The Morgan fingerprint density at radius 2 is 1.80 bits per heavy atom. The van der Waals surface area contributed by atoms with Crippen LogP contribution in [0.2, 0.25) is 0 Å². The number of sulfonamides is 1. The van der Waals surface area contributed by atoms with E-state index in [1.165, 1.54) is 4.31 Å². The summed E-state index contributed by atoms with van der Waals surface area (Å²) in [7, 11) is -2.00. The van der Waals surface area contributed by atoms with Gasteiger partial charge in [0, 0.05) is 31.9 Å². The van der Waals surface area contributed by atoms with E-state index in [-0.39, 0.29) is 10.8 Å². The fraction of sp³-hybridized carbons (Fsp3) is 0.214. The van der Waals surface area contributed by atoms with Crippen molar-refractivity contribution in [2.24, 2.45) is 0 Å². The first kappa shape index (κ1) is 15.0. The summed E-state index contributed by atoms with van der Waals surface area (Å²) in [5, 5.41) is 0. The number of pyridine rings is 1. The number of benzene rings is 1. The van der Waals surface area contributed by atoms with Crippen molar-refractivity contribution in [1.82, 2.24) is 9.29 Å². The Hall–Kier alpha value is -1.43. The number of hydrogen-bond donors (Lipinski definition) is 0. The molecular formula is C14H15ClN2O2S. The van der Waals surface area contributed by atoms with E-state index in [2.05, 4.69) is 4.98 Å². The van der Waals surface area contributed by atoms with Crippen molar-refractivity contribution in [2.45, 2.75) is 17.3 Å². The molecule has 0 spiro atoms. The van der Waals surface area contributed by atoms with Crippen molar-refractivity contribution in [2.75, 3.05) is 7.05 Å². The largest absolute Gasteiger partial charge is 0.265 e. The van der Waals surface area contributed by atoms with Crippen LogP contribution in [-0.2, 0) is 22.4 Å².